The summed E-state index contributed by atoms with van der Waals surface area (Å²) in [5, 5.41) is 0. The maximum absolute atomic E-state index is 2.58. The van der Waals surface area contributed by atoms with E-state index in [0.717, 1.165) is 6.04 Å². The Labute approximate surface area is 87.6 Å². The Morgan fingerprint density at radius 3 is 2.50 bits per heavy atom. The highest BCUT2D eigenvalue weighted by atomic mass is 15.3. The highest BCUT2D eigenvalue weighted by molar-refractivity contribution is 5.50. The smallest absolute Gasteiger partial charge is 0.234 e. The minimum absolute atomic E-state index is 0.670. The van der Waals surface area contributed by atoms with Gasteiger partial charge < -0.3 is 0 Å². The summed E-state index contributed by atoms with van der Waals surface area (Å²) in [6.45, 7) is 7.04. The van der Waals surface area contributed by atoms with Crippen LogP contribution >= 0.6 is 0 Å². The Morgan fingerprint density at radius 2 is 1.93 bits per heavy atom. The topological polar surface area (TPSA) is 6.25 Å². The van der Waals surface area contributed by atoms with E-state index in [-0.39, 0.29) is 0 Å². The monoisotopic (exact) mass is 195 g/mol. The first-order valence-electron chi connectivity index (χ1n) is 6.14. The molecule has 1 aliphatic carbocycles. The van der Waals surface area contributed by atoms with Gasteiger partial charge in [0.15, 0.2) is 0 Å². The summed E-state index contributed by atoms with van der Waals surface area (Å²) >= 11 is 0. The molecule has 0 aromatic carbocycles. The molecule has 14 heavy (non-hydrogen) atoms. The first-order chi connectivity index (χ1) is 6.77. The number of hydrogen-bond acceptors (Lipinski definition) is 1. The molecule has 0 bridgehead atoms. The van der Waals surface area contributed by atoms with Crippen molar-refractivity contribution in [2.45, 2.75) is 58.0 Å². The average molecular weight is 195 g/mol. The predicted octanol–water partition coefficient (Wildman–Crippen LogP) is 2.08. The molecule has 2 heteroatoms. The molecule has 1 fully saturated rings. The van der Waals surface area contributed by atoms with Gasteiger partial charge in [-0.25, -0.2) is 0 Å². The van der Waals surface area contributed by atoms with Crippen molar-refractivity contribution < 1.29 is 4.58 Å². The van der Waals surface area contributed by atoms with Crippen molar-refractivity contribution in [3.63, 3.8) is 0 Å². The second-order valence-corrected chi connectivity index (χ2v) is 4.98. The Hall–Kier alpha value is -0.530. The van der Waals surface area contributed by atoms with E-state index in [0.29, 0.717) is 6.04 Å². The molecule has 1 aliphatic heterocycles. The van der Waals surface area contributed by atoms with Crippen LogP contribution in [0.1, 0.15) is 46.0 Å². The molecule has 0 saturated heterocycles. The zero-order chi connectivity index (χ0) is 9.97. The third-order valence-corrected chi connectivity index (χ3v) is 3.62. The summed E-state index contributed by atoms with van der Waals surface area (Å²) in [5.74, 6) is 0. The van der Waals surface area contributed by atoms with Gasteiger partial charge >= 0.3 is 0 Å². The van der Waals surface area contributed by atoms with E-state index in [1.54, 1.807) is 0 Å². The molecule has 0 atom stereocenters. The Morgan fingerprint density at radius 1 is 1.21 bits per heavy atom. The van der Waals surface area contributed by atoms with Crippen LogP contribution in [0.5, 0.6) is 0 Å². The Balaban J connectivity index is 1.94. The number of rotatable bonds is 2. The van der Waals surface area contributed by atoms with Crippen LogP contribution in [0.15, 0.2) is 0 Å². The maximum Gasteiger partial charge on any atom is 0.234 e. The van der Waals surface area contributed by atoms with Crippen LogP contribution in [0.2, 0.25) is 0 Å². The lowest BCUT2D eigenvalue weighted by atomic mass is 9.95. The number of hydrogen-bond donors (Lipinski definition) is 0. The van der Waals surface area contributed by atoms with Crippen LogP contribution in [0.25, 0.3) is 0 Å². The Kier molecular flexibility index (Phi) is 3.09. The van der Waals surface area contributed by atoms with E-state index in [1.165, 1.54) is 45.2 Å². The van der Waals surface area contributed by atoms with Crippen molar-refractivity contribution in [2.24, 2.45) is 0 Å². The van der Waals surface area contributed by atoms with Gasteiger partial charge in [-0.2, -0.15) is 0 Å². The van der Waals surface area contributed by atoms with E-state index in [1.807, 2.05) is 0 Å². The van der Waals surface area contributed by atoms with E-state index >= 15 is 0 Å². The fourth-order valence-corrected chi connectivity index (χ4v) is 2.62. The highest BCUT2D eigenvalue weighted by Gasteiger charge is 2.27. The SMILES string of the molecule is CC(C)N1C=[N+](C2CCCCC2)CC1. The van der Waals surface area contributed by atoms with Crippen molar-refractivity contribution in [2.75, 3.05) is 13.1 Å². The van der Waals surface area contributed by atoms with Crippen LogP contribution in [-0.2, 0) is 0 Å². The lowest BCUT2D eigenvalue weighted by Crippen LogP contribution is -2.29. The van der Waals surface area contributed by atoms with Gasteiger partial charge in [-0.15, -0.1) is 0 Å². The van der Waals surface area contributed by atoms with Gasteiger partial charge in [0, 0.05) is 0 Å². The molecular formula is C12H23N2+. The van der Waals surface area contributed by atoms with E-state index in [9.17, 15) is 0 Å². The minimum Gasteiger partial charge on any atom is -0.262 e. The minimum atomic E-state index is 0.670. The summed E-state index contributed by atoms with van der Waals surface area (Å²) in [6.07, 6.45) is 9.55. The quantitative estimate of drug-likeness (QED) is 0.611. The summed E-state index contributed by atoms with van der Waals surface area (Å²) in [6, 6.07) is 1.52. The molecule has 2 aliphatic rings. The van der Waals surface area contributed by atoms with Crippen LogP contribution in [0, 0.1) is 0 Å². The van der Waals surface area contributed by atoms with Crippen LogP contribution in [0.4, 0.5) is 0 Å². The van der Waals surface area contributed by atoms with Crippen LogP contribution in [-0.4, -0.2) is 41.0 Å². The van der Waals surface area contributed by atoms with Crippen LogP contribution in [0.3, 0.4) is 0 Å². The van der Waals surface area contributed by atoms with E-state index in [2.05, 4.69) is 29.7 Å². The zero-order valence-electron chi connectivity index (χ0n) is 9.58. The second kappa shape index (κ2) is 4.33. The summed E-state index contributed by atoms with van der Waals surface area (Å²) in [4.78, 5) is 2.47. The van der Waals surface area contributed by atoms with Gasteiger partial charge in [-0.05, 0) is 39.5 Å². The lowest BCUT2D eigenvalue weighted by molar-refractivity contribution is -0.557. The molecule has 0 aromatic rings. The molecule has 1 heterocycles. The molecule has 0 aromatic heterocycles. The first kappa shape index (κ1) is 10.0. The second-order valence-electron chi connectivity index (χ2n) is 4.98. The van der Waals surface area contributed by atoms with Crippen molar-refractivity contribution in [1.82, 2.24) is 4.90 Å². The molecule has 1 saturated carbocycles. The lowest BCUT2D eigenvalue weighted by Gasteiger charge is -2.20. The number of nitrogens with zero attached hydrogens (tertiary/aromatic N) is 2. The molecule has 0 N–H and O–H groups in total. The Bertz CT molecular complexity index is 214. The van der Waals surface area contributed by atoms with Gasteiger partial charge in [0.25, 0.3) is 0 Å². The van der Waals surface area contributed by atoms with Gasteiger partial charge in [-0.3, -0.25) is 9.48 Å². The molecule has 2 nitrogen and oxygen atoms in total. The molecule has 80 valence electrons. The normalized spacial score (nSPS) is 24.5. The highest BCUT2D eigenvalue weighted by Crippen LogP contribution is 2.21. The van der Waals surface area contributed by atoms with Crippen molar-refractivity contribution in [1.29, 1.82) is 0 Å². The molecule has 2 rings (SSSR count). The fourth-order valence-electron chi connectivity index (χ4n) is 2.62. The fraction of sp³-hybridized carbons (Fsp3) is 0.917. The zero-order valence-corrected chi connectivity index (χ0v) is 9.58. The molecule has 0 radical (unpaired) electrons. The van der Waals surface area contributed by atoms with Gasteiger partial charge in [0.05, 0.1) is 12.1 Å². The summed E-state index contributed by atoms with van der Waals surface area (Å²) in [7, 11) is 0. The maximum atomic E-state index is 2.58. The van der Waals surface area contributed by atoms with E-state index in [4.69, 9.17) is 0 Å². The van der Waals surface area contributed by atoms with E-state index < -0.39 is 0 Å². The first-order valence-corrected chi connectivity index (χ1v) is 6.14. The molecule has 0 unspecified atom stereocenters. The molecular weight excluding hydrogens is 172 g/mol. The summed E-state index contributed by atoms with van der Waals surface area (Å²) in [5.41, 5.74) is 0. The van der Waals surface area contributed by atoms with Gasteiger partial charge in [0.1, 0.15) is 13.1 Å². The van der Waals surface area contributed by atoms with Crippen molar-refractivity contribution >= 4 is 6.34 Å². The molecule has 0 spiro atoms. The van der Waals surface area contributed by atoms with Crippen molar-refractivity contribution in [3.8, 4) is 0 Å². The standard InChI is InChI=1S/C12H23N2/c1-11(2)13-8-9-14(10-13)12-6-4-3-5-7-12/h10-12H,3-9H2,1-2H3/q+1. The predicted molar refractivity (Wildman–Crippen MR) is 59.9 cm³/mol. The van der Waals surface area contributed by atoms with Gasteiger partial charge in [-0.1, -0.05) is 6.42 Å². The molecule has 0 amide bonds. The summed E-state index contributed by atoms with van der Waals surface area (Å²) < 4.78 is 2.58. The average Bonchev–Trinajstić information content (AvgIpc) is 2.68. The third-order valence-electron chi connectivity index (χ3n) is 3.62. The third kappa shape index (κ3) is 2.10. The largest absolute Gasteiger partial charge is 0.262 e. The van der Waals surface area contributed by atoms with Gasteiger partial charge in [0.2, 0.25) is 6.34 Å². The van der Waals surface area contributed by atoms with Crippen LogP contribution < -0.4 is 0 Å². The van der Waals surface area contributed by atoms with Crippen molar-refractivity contribution in [3.05, 3.63) is 0 Å².